The largest absolute Gasteiger partial charge is 0.308 e. The van der Waals surface area contributed by atoms with Gasteiger partial charge in [0.1, 0.15) is 0 Å². The van der Waals surface area contributed by atoms with E-state index < -0.39 is 5.41 Å². The molecule has 320 valence electrons. The predicted octanol–water partition coefficient (Wildman–Crippen LogP) is 18.2. The van der Waals surface area contributed by atoms with Crippen molar-refractivity contribution in [3.63, 3.8) is 0 Å². The van der Waals surface area contributed by atoms with Crippen LogP contribution in [0.3, 0.4) is 0 Å². The quantitative estimate of drug-likeness (QED) is 0.100. The van der Waals surface area contributed by atoms with E-state index in [4.69, 9.17) is 0 Å². The van der Waals surface area contributed by atoms with Crippen molar-refractivity contribution in [1.29, 1.82) is 0 Å². The highest BCUT2D eigenvalue weighted by Crippen LogP contribution is 2.58. The predicted molar refractivity (Wildman–Crippen MR) is 279 cm³/mol. The molecule has 0 amide bonds. The molecule has 0 N–H and O–H groups in total. The van der Waals surface area contributed by atoms with E-state index in [2.05, 4.69) is 207 Å². The molecule has 0 aromatic heterocycles. The molecule has 0 saturated carbocycles. The molecule has 1 nitrogen and oxygen atoms in total. The van der Waals surface area contributed by atoms with Crippen LogP contribution < -0.4 is 4.90 Å². The van der Waals surface area contributed by atoms with Crippen molar-refractivity contribution in [3.8, 4) is 22.3 Å². The van der Waals surface area contributed by atoms with Crippen LogP contribution in [0.15, 0.2) is 198 Å². The number of anilines is 3. The summed E-state index contributed by atoms with van der Waals surface area (Å²) in [7, 11) is 0. The molecular weight excluding hydrogens is 803 g/mol. The standard InChI is InChI=1S/C63H57NS/c1-3-5-7-9-17-44-25-33-51(34-26-44)63(52-35-27-45(28-36-52)18-10-8-6-4-2)57-24-16-15-23-55(57)56-42-49(30-38-58(56)63)50-32-40-61-60(43-50)64(53-37-29-46-19-11-12-21-48(46)41-53)59-39-31-47-20-13-14-22-54(47)62(59)65-61/h11-16,19-43H,3-10,17-18H2,1-2H3. The topological polar surface area (TPSA) is 3.24 Å². The average molecular weight is 860 g/mol. The van der Waals surface area contributed by atoms with Crippen LogP contribution >= 0.6 is 11.8 Å². The van der Waals surface area contributed by atoms with Crippen LogP contribution in [0.4, 0.5) is 17.1 Å². The number of fused-ring (bicyclic) bond motifs is 8. The van der Waals surface area contributed by atoms with Gasteiger partial charge in [-0.05, 0) is 139 Å². The fraction of sp³-hybridized carbons (Fsp3) is 0.206. The number of benzene rings is 9. The summed E-state index contributed by atoms with van der Waals surface area (Å²) in [5.41, 5.74) is 16.5. The lowest BCUT2D eigenvalue weighted by Gasteiger charge is -2.34. The molecule has 1 heterocycles. The summed E-state index contributed by atoms with van der Waals surface area (Å²) in [6.45, 7) is 4.58. The van der Waals surface area contributed by atoms with Crippen LogP contribution in [0, 0.1) is 0 Å². The highest BCUT2D eigenvalue weighted by molar-refractivity contribution is 8.00. The Morgan fingerprint density at radius 1 is 0.431 bits per heavy atom. The number of hydrogen-bond donors (Lipinski definition) is 0. The third-order valence-electron chi connectivity index (χ3n) is 14.3. The smallest absolute Gasteiger partial charge is 0.0713 e. The second-order valence-electron chi connectivity index (χ2n) is 18.4. The Morgan fingerprint density at radius 2 is 1.03 bits per heavy atom. The highest BCUT2D eigenvalue weighted by Gasteiger charge is 2.46. The number of unbranched alkanes of at least 4 members (excludes halogenated alkanes) is 6. The van der Waals surface area contributed by atoms with Crippen LogP contribution in [0.2, 0.25) is 0 Å². The fourth-order valence-electron chi connectivity index (χ4n) is 10.9. The monoisotopic (exact) mass is 859 g/mol. The molecule has 2 heteroatoms. The van der Waals surface area contributed by atoms with Crippen molar-refractivity contribution >= 4 is 50.4 Å². The lowest BCUT2D eigenvalue weighted by molar-refractivity contribution is 0.666. The van der Waals surface area contributed by atoms with Gasteiger partial charge in [0.05, 0.1) is 16.8 Å². The van der Waals surface area contributed by atoms with E-state index in [9.17, 15) is 0 Å². The first-order valence-corrected chi connectivity index (χ1v) is 25.0. The Morgan fingerprint density at radius 3 is 1.75 bits per heavy atom. The van der Waals surface area contributed by atoms with Gasteiger partial charge in [-0.2, -0.15) is 0 Å². The Hall–Kier alpha value is -6.35. The minimum Gasteiger partial charge on any atom is -0.308 e. The molecule has 0 fully saturated rings. The average Bonchev–Trinajstić information content (AvgIpc) is 3.66. The number of hydrogen-bond acceptors (Lipinski definition) is 2. The van der Waals surface area contributed by atoms with Crippen molar-refractivity contribution in [2.24, 2.45) is 0 Å². The molecule has 0 saturated heterocycles. The normalized spacial score (nSPS) is 13.4. The summed E-state index contributed by atoms with van der Waals surface area (Å²) in [5, 5.41) is 5.05. The van der Waals surface area contributed by atoms with Crippen LogP contribution in [0.1, 0.15) is 98.6 Å². The maximum Gasteiger partial charge on any atom is 0.0713 e. The minimum atomic E-state index is -0.433. The van der Waals surface area contributed by atoms with E-state index >= 15 is 0 Å². The van der Waals surface area contributed by atoms with Crippen LogP contribution in [-0.4, -0.2) is 0 Å². The first-order valence-electron chi connectivity index (χ1n) is 24.2. The number of aryl methyl sites for hydroxylation is 2. The highest BCUT2D eigenvalue weighted by atomic mass is 32.2. The second-order valence-corrected chi connectivity index (χ2v) is 19.4. The zero-order chi connectivity index (χ0) is 43.7. The van der Waals surface area contributed by atoms with E-state index in [1.807, 2.05) is 11.8 Å². The van der Waals surface area contributed by atoms with Gasteiger partial charge in [-0.1, -0.05) is 216 Å². The van der Waals surface area contributed by atoms with E-state index in [0.29, 0.717) is 0 Å². The molecule has 0 unspecified atom stereocenters. The third-order valence-corrected chi connectivity index (χ3v) is 15.5. The lowest BCUT2D eigenvalue weighted by atomic mass is 9.67. The van der Waals surface area contributed by atoms with Gasteiger partial charge in [-0.3, -0.25) is 0 Å². The van der Waals surface area contributed by atoms with Gasteiger partial charge in [0.25, 0.3) is 0 Å². The molecule has 1 aliphatic carbocycles. The summed E-state index contributed by atoms with van der Waals surface area (Å²) in [6.07, 6.45) is 12.5. The second kappa shape index (κ2) is 17.9. The van der Waals surface area contributed by atoms with Gasteiger partial charge in [-0.15, -0.1) is 0 Å². The lowest BCUT2D eigenvalue weighted by Crippen LogP contribution is -2.28. The maximum atomic E-state index is 2.50. The first kappa shape index (κ1) is 41.4. The molecule has 11 rings (SSSR count). The van der Waals surface area contributed by atoms with Gasteiger partial charge < -0.3 is 4.90 Å². The molecule has 2 aliphatic rings. The van der Waals surface area contributed by atoms with Crippen LogP contribution in [-0.2, 0) is 18.3 Å². The van der Waals surface area contributed by atoms with Crippen molar-refractivity contribution in [2.45, 2.75) is 93.3 Å². The van der Waals surface area contributed by atoms with Crippen molar-refractivity contribution in [2.75, 3.05) is 4.90 Å². The van der Waals surface area contributed by atoms with Crippen LogP contribution in [0.25, 0.3) is 43.8 Å². The summed E-state index contributed by atoms with van der Waals surface area (Å²) in [4.78, 5) is 5.06. The molecular formula is C63H57NS. The minimum absolute atomic E-state index is 0.433. The molecule has 0 spiro atoms. The molecule has 0 bridgehead atoms. The van der Waals surface area contributed by atoms with Gasteiger partial charge >= 0.3 is 0 Å². The molecule has 9 aromatic rings. The third kappa shape index (κ3) is 7.46. The van der Waals surface area contributed by atoms with Gasteiger partial charge in [-0.25, -0.2) is 0 Å². The molecule has 65 heavy (non-hydrogen) atoms. The summed E-state index contributed by atoms with van der Waals surface area (Å²) in [5.74, 6) is 0. The zero-order valence-corrected chi connectivity index (χ0v) is 38.6. The van der Waals surface area contributed by atoms with Gasteiger partial charge in [0.2, 0.25) is 0 Å². The Labute approximate surface area is 390 Å². The Balaban J connectivity index is 1.04. The maximum absolute atomic E-state index is 2.50. The van der Waals surface area contributed by atoms with Gasteiger partial charge in [0.15, 0.2) is 0 Å². The summed E-state index contributed by atoms with van der Waals surface area (Å²) in [6, 6.07) is 72.1. The molecule has 0 atom stereocenters. The van der Waals surface area contributed by atoms with E-state index in [-0.39, 0.29) is 0 Å². The Bertz CT molecular complexity index is 3100. The first-order chi connectivity index (χ1) is 32.1. The van der Waals surface area contributed by atoms with Crippen molar-refractivity contribution < 1.29 is 0 Å². The zero-order valence-electron chi connectivity index (χ0n) is 37.8. The van der Waals surface area contributed by atoms with Gasteiger partial charge in [0, 0.05) is 15.5 Å². The van der Waals surface area contributed by atoms with Crippen LogP contribution in [0.5, 0.6) is 0 Å². The summed E-state index contributed by atoms with van der Waals surface area (Å²) >= 11 is 1.90. The summed E-state index contributed by atoms with van der Waals surface area (Å²) < 4.78 is 0. The van der Waals surface area contributed by atoms with E-state index in [1.54, 1.807) is 0 Å². The molecule has 0 radical (unpaired) electrons. The molecule has 9 aromatic carbocycles. The van der Waals surface area contributed by atoms with Crippen molar-refractivity contribution in [3.05, 3.63) is 221 Å². The Kier molecular flexibility index (Phi) is 11.4. The van der Waals surface area contributed by atoms with E-state index in [1.165, 1.54) is 155 Å². The van der Waals surface area contributed by atoms with Crippen molar-refractivity contribution in [1.82, 2.24) is 0 Å². The van der Waals surface area contributed by atoms with E-state index in [0.717, 1.165) is 12.8 Å². The number of rotatable bonds is 14. The SMILES string of the molecule is CCCCCCc1ccc(C2(c3ccc(CCCCCC)cc3)c3ccccc3-c3cc(-c4ccc5c(c4)N(c4ccc6ccccc6c4)c4ccc6ccccc6c4S5)ccc32)cc1. The number of nitrogens with zero attached hydrogens (tertiary/aromatic N) is 1. The fourth-order valence-corrected chi connectivity index (χ4v) is 12.1. The molecule has 1 aliphatic heterocycles.